The van der Waals surface area contributed by atoms with Crippen molar-refractivity contribution < 1.29 is 22.7 Å². The van der Waals surface area contributed by atoms with Crippen molar-refractivity contribution >= 4 is 0 Å². The molecular weight excluding hydrogens is 249 g/mol. The second kappa shape index (κ2) is 6.23. The average molecular weight is 260 g/mol. The van der Waals surface area contributed by atoms with Gasteiger partial charge in [0.05, 0.1) is 18.7 Å². The van der Waals surface area contributed by atoms with Gasteiger partial charge in [-0.05, 0) is 18.2 Å². The van der Waals surface area contributed by atoms with Crippen LogP contribution in [0.5, 0.6) is 5.75 Å². The number of hydrogen-bond donors (Lipinski definition) is 1. The van der Waals surface area contributed by atoms with Gasteiger partial charge in [-0.25, -0.2) is 0 Å². The number of hydrogen-bond acceptors (Lipinski definition) is 4. The smallest absolute Gasteiger partial charge is 0.413 e. The summed E-state index contributed by atoms with van der Waals surface area (Å²) in [5.41, 5.74) is 3.11. The van der Waals surface area contributed by atoms with E-state index in [1.54, 1.807) is 12.1 Å². The molecule has 1 aromatic carbocycles. The number of ether oxygens (including phenoxy) is 1. The Morgan fingerprint density at radius 1 is 1.39 bits per heavy atom. The first kappa shape index (κ1) is 14.3. The van der Waals surface area contributed by atoms with Crippen molar-refractivity contribution in [3.8, 4) is 11.8 Å². The third kappa shape index (κ3) is 4.61. The third-order valence-corrected chi connectivity index (χ3v) is 2.01. The number of hydroxylamine groups is 1. The van der Waals surface area contributed by atoms with Crippen LogP contribution >= 0.6 is 0 Å². The molecule has 7 heteroatoms. The third-order valence-electron chi connectivity index (χ3n) is 2.01. The summed E-state index contributed by atoms with van der Waals surface area (Å²) in [6.07, 6.45) is -4.38. The van der Waals surface area contributed by atoms with Crippen molar-refractivity contribution in [1.82, 2.24) is 5.48 Å². The number of nitrogens with zero attached hydrogens (tertiary/aromatic N) is 1. The van der Waals surface area contributed by atoms with Gasteiger partial charge in [0.15, 0.2) is 6.61 Å². The molecule has 1 N–H and O–H groups in total. The number of halogens is 3. The monoisotopic (exact) mass is 260 g/mol. The number of nitriles is 1. The topological polar surface area (TPSA) is 54.3 Å². The molecule has 0 aliphatic rings. The first-order valence-corrected chi connectivity index (χ1v) is 4.94. The highest BCUT2D eigenvalue weighted by Gasteiger charge is 2.27. The van der Waals surface area contributed by atoms with Crippen LogP contribution in [0.4, 0.5) is 13.2 Å². The molecule has 0 aromatic heterocycles. The Hall–Kier alpha value is -1.78. The van der Waals surface area contributed by atoms with Gasteiger partial charge in [0.25, 0.3) is 0 Å². The molecule has 0 saturated heterocycles. The second-order valence-electron chi connectivity index (χ2n) is 3.36. The van der Waals surface area contributed by atoms with E-state index in [9.17, 15) is 13.2 Å². The maximum absolute atomic E-state index is 11.8. The first-order chi connectivity index (χ1) is 8.46. The van der Waals surface area contributed by atoms with Crippen molar-refractivity contribution in [1.29, 1.82) is 5.26 Å². The molecule has 0 saturated carbocycles. The Bertz CT molecular complexity index is 441. The lowest BCUT2D eigenvalue weighted by Crippen LogP contribution is -2.24. The van der Waals surface area contributed by atoms with Crippen molar-refractivity contribution in [3.05, 3.63) is 29.3 Å². The molecular formula is C11H11F3N2O2. The van der Waals surface area contributed by atoms with E-state index in [2.05, 4.69) is 10.3 Å². The van der Waals surface area contributed by atoms with Crippen LogP contribution in [0.1, 0.15) is 11.1 Å². The molecule has 0 fully saturated rings. The fraction of sp³-hybridized carbons (Fsp3) is 0.364. The Balaban J connectivity index is 2.58. The van der Waals surface area contributed by atoms with Crippen LogP contribution in [-0.4, -0.2) is 19.9 Å². The normalized spacial score (nSPS) is 11.1. The highest BCUT2D eigenvalue weighted by Crippen LogP contribution is 2.19. The van der Waals surface area contributed by atoms with Gasteiger partial charge < -0.3 is 4.74 Å². The molecule has 0 aliphatic heterocycles. The molecule has 1 aromatic rings. The van der Waals surface area contributed by atoms with Crippen molar-refractivity contribution in [2.45, 2.75) is 12.7 Å². The van der Waals surface area contributed by atoms with Crippen LogP contribution in [0.25, 0.3) is 0 Å². The van der Waals surface area contributed by atoms with Gasteiger partial charge in [-0.1, -0.05) is 0 Å². The molecule has 0 atom stereocenters. The van der Waals surface area contributed by atoms with Gasteiger partial charge in [-0.15, -0.1) is 0 Å². The summed E-state index contributed by atoms with van der Waals surface area (Å²) in [4.78, 5) is 4.26. The minimum atomic E-state index is -4.38. The first-order valence-electron chi connectivity index (χ1n) is 4.94. The molecule has 4 nitrogen and oxygen atoms in total. The van der Waals surface area contributed by atoms with Gasteiger partial charge in [0, 0.05) is 12.1 Å². The van der Waals surface area contributed by atoms with E-state index in [0.29, 0.717) is 16.9 Å². The lowest BCUT2D eigenvalue weighted by atomic mass is 10.1. The van der Waals surface area contributed by atoms with Gasteiger partial charge >= 0.3 is 6.18 Å². The molecule has 0 radical (unpaired) electrons. The zero-order valence-corrected chi connectivity index (χ0v) is 9.54. The van der Waals surface area contributed by atoms with Crippen molar-refractivity contribution in [3.63, 3.8) is 0 Å². The van der Waals surface area contributed by atoms with Crippen molar-refractivity contribution in [2.24, 2.45) is 0 Å². The van der Waals surface area contributed by atoms with Crippen LogP contribution < -0.4 is 10.2 Å². The summed E-state index contributed by atoms with van der Waals surface area (Å²) in [6.45, 7) is -1.37. The van der Waals surface area contributed by atoms with Crippen LogP contribution in [-0.2, 0) is 11.4 Å². The summed E-state index contributed by atoms with van der Waals surface area (Å²) in [6, 6.07) is 6.57. The number of rotatable bonds is 5. The average Bonchev–Trinajstić information content (AvgIpc) is 2.33. The number of alkyl halides is 3. The number of benzene rings is 1. The molecule has 1 rings (SSSR count). The van der Waals surface area contributed by atoms with Crippen molar-refractivity contribution in [2.75, 3.05) is 13.7 Å². The van der Waals surface area contributed by atoms with Gasteiger partial charge in [-0.2, -0.15) is 23.9 Å². The summed E-state index contributed by atoms with van der Waals surface area (Å²) in [7, 11) is 1.43. The summed E-state index contributed by atoms with van der Waals surface area (Å²) >= 11 is 0. The maximum atomic E-state index is 11.8. The molecule has 0 unspecified atom stereocenters. The van der Waals surface area contributed by atoms with E-state index in [-0.39, 0.29) is 6.54 Å². The standard InChI is InChI=1S/C11H11F3N2O2/c1-17-10-3-2-8(5-15)4-9(10)6-16-18-7-11(12,13)14/h2-4,16H,6-7H2,1H3. The molecule has 0 bridgehead atoms. The second-order valence-corrected chi connectivity index (χ2v) is 3.36. The number of nitrogens with one attached hydrogen (secondary N) is 1. The summed E-state index contributed by atoms with van der Waals surface area (Å²) < 4.78 is 40.5. The van der Waals surface area contributed by atoms with Crippen LogP contribution in [0, 0.1) is 11.3 Å². The molecule has 18 heavy (non-hydrogen) atoms. The molecule has 0 heterocycles. The minimum Gasteiger partial charge on any atom is -0.496 e. The summed E-state index contributed by atoms with van der Waals surface area (Å²) in [5, 5.41) is 8.71. The van der Waals surface area contributed by atoms with Crippen LogP contribution in [0.2, 0.25) is 0 Å². The maximum Gasteiger partial charge on any atom is 0.413 e. The highest BCUT2D eigenvalue weighted by molar-refractivity contribution is 5.41. The van der Waals surface area contributed by atoms with E-state index < -0.39 is 12.8 Å². The molecule has 0 aliphatic carbocycles. The van der Waals surface area contributed by atoms with Gasteiger partial charge in [-0.3, -0.25) is 4.84 Å². The van der Waals surface area contributed by atoms with E-state index >= 15 is 0 Å². The lowest BCUT2D eigenvalue weighted by Gasteiger charge is -2.11. The fourth-order valence-electron chi connectivity index (χ4n) is 1.25. The Kier molecular flexibility index (Phi) is 4.95. The quantitative estimate of drug-likeness (QED) is 0.651. The molecule has 0 spiro atoms. The Morgan fingerprint density at radius 2 is 2.11 bits per heavy atom. The van der Waals surface area contributed by atoms with E-state index in [1.165, 1.54) is 13.2 Å². The molecule has 0 amide bonds. The van der Waals surface area contributed by atoms with Crippen LogP contribution in [0.3, 0.4) is 0 Å². The van der Waals surface area contributed by atoms with Gasteiger partial charge in [0.1, 0.15) is 5.75 Å². The Morgan fingerprint density at radius 3 is 2.67 bits per heavy atom. The largest absolute Gasteiger partial charge is 0.496 e. The van der Waals surface area contributed by atoms with E-state index in [0.717, 1.165) is 0 Å². The van der Waals surface area contributed by atoms with Gasteiger partial charge in [0.2, 0.25) is 0 Å². The van der Waals surface area contributed by atoms with E-state index in [1.807, 2.05) is 6.07 Å². The fourth-order valence-corrected chi connectivity index (χ4v) is 1.25. The zero-order valence-electron chi connectivity index (χ0n) is 9.54. The van der Waals surface area contributed by atoms with E-state index in [4.69, 9.17) is 10.00 Å². The predicted octanol–water partition coefficient (Wildman–Crippen LogP) is 2.15. The SMILES string of the molecule is COc1ccc(C#N)cc1CNOCC(F)(F)F. The minimum absolute atomic E-state index is 0.00870. The Labute approximate surface area is 102 Å². The zero-order chi connectivity index (χ0) is 13.6. The number of methoxy groups -OCH3 is 1. The predicted molar refractivity (Wildman–Crippen MR) is 56.6 cm³/mol. The highest BCUT2D eigenvalue weighted by atomic mass is 19.4. The summed E-state index contributed by atoms with van der Waals surface area (Å²) in [5.74, 6) is 0.470. The molecule has 98 valence electrons. The lowest BCUT2D eigenvalue weighted by molar-refractivity contribution is -0.190. The van der Waals surface area contributed by atoms with Crippen LogP contribution in [0.15, 0.2) is 18.2 Å².